The van der Waals surface area contributed by atoms with Crippen molar-refractivity contribution in [2.24, 2.45) is 10.7 Å². The molecule has 0 amide bonds. The minimum absolute atomic E-state index is 0.481. The second-order valence-corrected chi connectivity index (χ2v) is 3.74. The van der Waals surface area contributed by atoms with E-state index in [-0.39, 0.29) is 0 Å². The Morgan fingerprint density at radius 3 is 2.76 bits per heavy atom. The van der Waals surface area contributed by atoms with Gasteiger partial charge in [0.2, 0.25) is 0 Å². The minimum atomic E-state index is 0.481. The van der Waals surface area contributed by atoms with E-state index in [9.17, 15) is 0 Å². The molecule has 0 aliphatic heterocycles. The maximum Gasteiger partial charge on any atom is 0.188 e. The quantitative estimate of drug-likeness (QED) is 0.424. The van der Waals surface area contributed by atoms with E-state index in [0.717, 1.165) is 32.6 Å². The van der Waals surface area contributed by atoms with Gasteiger partial charge in [0.05, 0.1) is 6.61 Å². The highest BCUT2D eigenvalue weighted by Gasteiger charge is 1.93. The maximum absolute atomic E-state index is 5.53. The molecule has 3 N–H and O–H groups in total. The molecule has 1 aromatic rings. The molecule has 0 spiro atoms. The molecule has 17 heavy (non-hydrogen) atoms. The first-order valence-corrected chi connectivity index (χ1v) is 5.90. The van der Waals surface area contributed by atoms with Crippen LogP contribution in [0.3, 0.4) is 0 Å². The van der Waals surface area contributed by atoms with Crippen LogP contribution < -0.4 is 11.1 Å². The largest absolute Gasteiger partial charge is 0.381 e. The summed E-state index contributed by atoms with van der Waals surface area (Å²) < 4.78 is 5.53. The Morgan fingerprint density at radius 2 is 2.06 bits per heavy atom. The minimum Gasteiger partial charge on any atom is -0.381 e. The molecule has 0 atom stereocenters. The van der Waals surface area contributed by atoms with Gasteiger partial charge in [0.15, 0.2) is 5.96 Å². The Kier molecular flexibility index (Phi) is 6.82. The molecule has 0 saturated carbocycles. The van der Waals surface area contributed by atoms with E-state index in [1.165, 1.54) is 5.56 Å². The zero-order valence-corrected chi connectivity index (χ0v) is 10.4. The van der Waals surface area contributed by atoms with Gasteiger partial charge in [-0.1, -0.05) is 30.3 Å². The van der Waals surface area contributed by atoms with Gasteiger partial charge < -0.3 is 15.8 Å². The second kappa shape index (κ2) is 8.58. The van der Waals surface area contributed by atoms with E-state index in [0.29, 0.717) is 5.96 Å². The molecule has 94 valence electrons. The first kappa shape index (κ1) is 13.5. The van der Waals surface area contributed by atoms with Crippen LogP contribution in [0.15, 0.2) is 35.3 Å². The van der Waals surface area contributed by atoms with Gasteiger partial charge in [-0.2, -0.15) is 0 Å². The van der Waals surface area contributed by atoms with Gasteiger partial charge >= 0.3 is 0 Å². The summed E-state index contributed by atoms with van der Waals surface area (Å²) in [5, 5.41) is 2.99. The first-order chi connectivity index (χ1) is 8.33. The van der Waals surface area contributed by atoms with Crippen molar-refractivity contribution < 1.29 is 4.74 Å². The fourth-order valence-corrected chi connectivity index (χ4v) is 1.41. The monoisotopic (exact) mass is 235 g/mol. The topological polar surface area (TPSA) is 59.6 Å². The van der Waals surface area contributed by atoms with Crippen LogP contribution in [0.2, 0.25) is 0 Å². The van der Waals surface area contributed by atoms with Crippen molar-refractivity contribution in [1.29, 1.82) is 0 Å². The Hall–Kier alpha value is -1.55. The number of hydrogen-bond donors (Lipinski definition) is 2. The van der Waals surface area contributed by atoms with Gasteiger partial charge in [-0.3, -0.25) is 4.99 Å². The van der Waals surface area contributed by atoms with Crippen molar-refractivity contribution in [3.8, 4) is 0 Å². The molecule has 0 heterocycles. The Balaban J connectivity index is 1.95. The molecule has 4 nitrogen and oxygen atoms in total. The van der Waals surface area contributed by atoms with Crippen molar-refractivity contribution in [2.45, 2.75) is 12.8 Å². The Labute approximate surface area is 103 Å². The number of ether oxygens (including phenoxy) is 1. The molecule has 1 rings (SSSR count). The fraction of sp³-hybridized carbons (Fsp3) is 0.462. The standard InChI is InChI=1S/C13H21N3O/c1-15-13(14)16-9-5-10-17-11-8-12-6-3-2-4-7-12/h2-4,6-7H,5,8-11H2,1H3,(H3,14,15,16). The van der Waals surface area contributed by atoms with Gasteiger partial charge in [0, 0.05) is 20.2 Å². The van der Waals surface area contributed by atoms with Crippen LogP contribution >= 0.6 is 0 Å². The normalized spacial score (nSPS) is 11.5. The molecule has 0 saturated heterocycles. The molecular formula is C13H21N3O. The zero-order chi connectivity index (χ0) is 12.3. The third-order valence-corrected chi connectivity index (χ3v) is 2.39. The van der Waals surface area contributed by atoms with Crippen LogP contribution in [0.1, 0.15) is 12.0 Å². The smallest absolute Gasteiger partial charge is 0.188 e. The molecule has 0 radical (unpaired) electrons. The average Bonchev–Trinajstić information content (AvgIpc) is 2.38. The average molecular weight is 235 g/mol. The van der Waals surface area contributed by atoms with Crippen molar-refractivity contribution in [2.75, 3.05) is 26.8 Å². The van der Waals surface area contributed by atoms with E-state index in [2.05, 4.69) is 22.4 Å². The summed E-state index contributed by atoms with van der Waals surface area (Å²) in [5.74, 6) is 0.481. The molecule has 0 aliphatic carbocycles. The lowest BCUT2D eigenvalue weighted by atomic mass is 10.2. The summed E-state index contributed by atoms with van der Waals surface area (Å²) in [6, 6.07) is 10.3. The summed E-state index contributed by atoms with van der Waals surface area (Å²) in [5.41, 5.74) is 6.80. The van der Waals surface area contributed by atoms with Gasteiger partial charge in [-0.05, 0) is 18.4 Å². The van der Waals surface area contributed by atoms with Gasteiger partial charge in [0.1, 0.15) is 0 Å². The van der Waals surface area contributed by atoms with Crippen LogP contribution in [-0.4, -0.2) is 32.8 Å². The SMILES string of the molecule is CN=C(N)NCCCOCCc1ccccc1. The highest BCUT2D eigenvalue weighted by molar-refractivity contribution is 5.77. The van der Waals surface area contributed by atoms with Crippen molar-refractivity contribution in [3.63, 3.8) is 0 Å². The number of hydrogen-bond acceptors (Lipinski definition) is 2. The van der Waals surface area contributed by atoms with Crippen molar-refractivity contribution in [3.05, 3.63) is 35.9 Å². The van der Waals surface area contributed by atoms with E-state index in [4.69, 9.17) is 10.5 Å². The fourth-order valence-electron chi connectivity index (χ4n) is 1.41. The third kappa shape index (κ3) is 6.58. The molecule has 0 bridgehead atoms. The van der Waals surface area contributed by atoms with E-state index in [1.807, 2.05) is 18.2 Å². The summed E-state index contributed by atoms with van der Waals surface area (Å²) in [7, 11) is 1.67. The first-order valence-electron chi connectivity index (χ1n) is 5.90. The Morgan fingerprint density at radius 1 is 1.29 bits per heavy atom. The number of nitrogens with zero attached hydrogens (tertiary/aromatic N) is 1. The number of guanidine groups is 1. The Bertz CT molecular complexity index is 325. The summed E-state index contributed by atoms with van der Waals surface area (Å²) in [6.45, 7) is 2.31. The van der Waals surface area contributed by atoms with Crippen LogP contribution in [0.25, 0.3) is 0 Å². The highest BCUT2D eigenvalue weighted by Crippen LogP contribution is 1.99. The van der Waals surface area contributed by atoms with E-state index in [1.54, 1.807) is 7.05 Å². The summed E-state index contributed by atoms with van der Waals surface area (Å²) >= 11 is 0. The lowest BCUT2D eigenvalue weighted by molar-refractivity contribution is 0.135. The van der Waals surface area contributed by atoms with E-state index < -0.39 is 0 Å². The highest BCUT2D eigenvalue weighted by atomic mass is 16.5. The predicted molar refractivity (Wildman–Crippen MR) is 71.1 cm³/mol. The maximum atomic E-state index is 5.53. The predicted octanol–water partition coefficient (Wildman–Crippen LogP) is 1.17. The molecular weight excluding hydrogens is 214 g/mol. The number of rotatable bonds is 7. The number of nitrogens with one attached hydrogen (secondary N) is 1. The van der Waals surface area contributed by atoms with Crippen LogP contribution in [-0.2, 0) is 11.2 Å². The lowest BCUT2D eigenvalue weighted by Crippen LogP contribution is -2.32. The van der Waals surface area contributed by atoms with Crippen LogP contribution in [0.4, 0.5) is 0 Å². The third-order valence-electron chi connectivity index (χ3n) is 2.39. The number of nitrogens with two attached hydrogens (primary N) is 1. The van der Waals surface area contributed by atoms with Crippen molar-refractivity contribution >= 4 is 5.96 Å². The van der Waals surface area contributed by atoms with Gasteiger partial charge in [-0.25, -0.2) is 0 Å². The van der Waals surface area contributed by atoms with Gasteiger partial charge in [0.25, 0.3) is 0 Å². The van der Waals surface area contributed by atoms with Crippen molar-refractivity contribution in [1.82, 2.24) is 5.32 Å². The molecule has 0 fully saturated rings. The molecule has 0 unspecified atom stereocenters. The summed E-state index contributed by atoms with van der Waals surface area (Å²) in [4.78, 5) is 3.80. The molecule has 0 aliphatic rings. The number of aliphatic imine (C=N–C) groups is 1. The molecule has 0 aromatic heterocycles. The second-order valence-electron chi connectivity index (χ2n) is 3.74. The number of benzene rings is 1. The van der Waals surface area contributed by atoms with Crippen LogP contribution in [0, 0.1) is 0 Å². The lowest BCUT2D eigenvalue weighted by Gasteiger charge is -2.06. The van der Waals surface area contributed by atoms with Gasteiger partial charge in [-0.15, -0.1) is 0 Å². The van der Waals surface area contributed by atoms with E-state index >= 15 is 0 Å². The zero-order valence-electron chi connectivity index (χ0n) is 10.4. The summed E-state index contributed by atoms with van der Waals surface area (Å²) in [6.07, 6.45) is 1.90. The van der Waals surface area contributed by atoms with Crippen LogP contribution in [0.5, 0.6) is 0 Å². The molecule has 1 aromatic carbocycles. The molecule has 4 heteroatoms.